The zero-order valence-corrected chi connectivity index (χ0v) is 16.5. The number of benzene rings is 1. The fourth-order valence-corrected chi connectivity index (χ4v) is 3.82. The van der Waals surface area contributed by atoms with Gasteiger partial charge in [-0.15, -0.1) is 11.8 Å². The smallest absolute Gasteiger partial charge is 0.226 e. The van der Waals surface area contributed by atoms with Gasteiger partial charge >= 0.3 is 0 Å². The first kappa shape index (κ1) is 18.7. The zero-order chi connectivity index (χ0) is 19.3. The van der Waals surface area contributed by atoms with Gasteiger partial charge in [-0.25, -0.2) is 4.98 Å². The van der Waals surface area contributed by atoms with Crippen LogP contribution in [0.1, 0.15) is 33.9 Å². The van der Waals surface area contributed by atoms with E-state index in [-0.39, 0.29) is 5.78 Å². The van der Waals surface area contributed by atoms with Gasteiger partial charge in [-0.3, -0.25) is 9.78 Å². The fraction of sp³-hybridized carbons (Fsp3) is 0.227. The predicted molar refractivity (Wildman–Crippen MR) is 112 cm³/mol. The van der Waals surface area contributed by atoms with E-state index in [4.69, 9.17) is 4.42 Å². The number of hydrogen-bond acceptors (Lipinski definition) is 6. The number of rotatable bonds is 6. The molecular weight excluding hydrogens is 370 g/mol. The van der Waals surface area contributed by atoms with E-state index in [2.05, 4.69) is 21.4 Å². The lowest BCUT2D eigenvalue weighted by atomic mass is 10.1. The number of hydrogen-bond donors (Lipinski definition) is 1. The van der Waals surface area contributed by atoms with Crippen molar-refractivity contribution in [2.75, 3.05) is 12.4 Å². The third-order valence-corrected chi connectivity index (χ3v) is 5.56. The van der Waals surface area contributed by atoms with Crippen LogP contribution < -0.4 is 5.32 Å². The van der Waals surface area contributed by atoms with Gasteiger partial charge in [-0.1, -0.05) is 18.2 Å². The van der Waals surface area contributed by atoms with Crippen molar-refractivity contribution in [1.82, 2.24) is 15.3 Å². The number of pyridine rings is 1. The summed E-state index contributed by atoms with van der Waals surface area (Å²) in [6.07, 6.45) is 4.65. The van der Waals surface area contributed by atoms with Crippen molar-refractivity contribution in [2.45, 2.75) is 19.8 Å². The normalized spacial score (nSPS) is 15.2. The Hall–Kier alpha value is -2.70. The van der Waals surface area contributed by atoms with E-state index in [1.54, 1.807) is 18.0 Å². The highest BCUT2D eigenvalue weighted by molar-refractivity contribution is 8.03. The molecule has 6 heteroatoms. The summed E-state index contributed by atoms with van der Waals surface area (Å²) in [6, 6.07) is 13.5. The summed E-state index contributed by atoms with van der Waals surface area (Å²) in [4.78, 5) is 22.8. The molecule has 1 aliphatic rings. The maximum absolute atomic E-state index is 12.5. The van der Waals surface area contributed by atoms with Crippen LogP contribution in [0.2, 0.25) is 0 Å². The molecular formula is C22H21N3O2S. The van der Waals surface area contributed by atoms with Crippen molar-refractivity contribution < 1.29 is 9.21 Å². The lowest BCUT2D eigenvalue weighted by molar-refractivity contribution is 0.0982. The molecule has 0 aliphatic carbocycles. The van der Waals surface area contributed by atoms with Crippen molar-refractivity contribution >= 4 is 23.6 Å². The quantitative estimate of drug-likeness (QED) is 0.624. The number of aromatic nitrogens is 2. The van der Waals surface area contributed by atoms with E-state index < -0.39 is 0 Å². The van der Waals surface area contributed by atoms with Crippen LogP contribution in [-0.4, -0.2) is 28.2 Å². The number of nitrogens with one attached hydrogen (secondary N) is 1. The number of ketones is 1. The summed E-state index contributed by atoms with van der Waals surface area (Å²) in [5.41, 5.74) is 3.27. The van der Waals surface area contributed by atoms with Crippen molar-refractivity contribution in [3.8, 4) is 11.5 Å². The Morgan fingerprint density at radius 1 is 1.25 bits per heavy atom. The van der Waals surface area contributed by atoms with Crippen LogP contribution in [0, 0.1) is 6.92 Å². The second kappa shape index (κ2) is 8.54. The highest BCUT2D eigenvalue weighted by Gasteiger charge is 2.14. The van der Waals surface area contributed by atoms with Crippen LogP contribution >= 0.6 is 11.8 Å². The SMILES string of the molecule is Cc1oc(-c2ccccc2)nc1CCC(=O)c1ccc(C=C2CNCS2)nc1. The van der Waals surface area contributed by atoms with Crippen LogP contribution in [0.5, 0.6) is 0 Å². The summed E-state index contributed by atoms with van der Waals surface area (Å²) in [5.74, 6) is 2.36. The van der Waals surface area contributed by atoms with Gasteiger partial charge in [0.05, 0.1) is 11.4 Å². The highest BCUT2D eigenvalue weighted by atomic mass is 32.2. The number of aryl methyl sites for hydroxylation is 2. The number of thioether (sulfide) groups is 1. The van der Waals surface area contributed by atoms with Gasteiger partial charge in [0.15, 0.2) is 5.78 Å². The number of carbonyl (C=O) groups excluding carboxylic acids is 1. The molecule has 1 N–H and O–H groups in total. The van der Waals surface area contributed by atoms with Crippen LogP contribution in [0.3, 0.4) is 0 Å². The van der Waals surface area contributed by atoms with Crippen molar-refractivity contribution in [1.29, 1.82) is 0 Å². The van der Waals surface area contributed by atoms with Crippen LogP contribution in [0.25, 0.3) is 17.5 Å². The third kappa shape index (κ3) is 4.40. The monoisotopic (exact) mass is 391 g/mol. The number of oxazole rings is 1. The molecule has 3 aromatic rings. The minimum Gasteiger partial charge on any atom is -0.441 e. The fourth-order valence-electron chi connectivity index (χ4n) is 3.02. The van der Waals surface area contributed by atoms with Gasteiger partial charge in [0.1, 0.15) is 5.76 Å². The second-order valence-electron chi connectivity index (χ2n) is 6.61. The van der Waals surface area contributed by atoms with Crippen molar-refractivity contribution in [3.05, 3.63) is 76.3 Å². The first-order valence-corrected chi connectivity index (χ1v) is 10.2. The molecule has 0 atom stereocenters. The molecule has 5 nitrogen and oxygen atoms in total. The molecule has 4 rings (SSSR count). The zero-order valence-electron chi connectivity index (χ0n) is 15.6. The maximum atomic E-state index is 12.5. The minimum absolute atomic E-state index is 0.0623. The molecule has 2 aromatic heterocycles. The Bertz CT molecular complexity index is 986. The van der Waals surface area contributed by atoms with Crippen molar-refractivity contribution in [2.24, 2.45) is 0 Å². The third-order valence-electron chi connectivity index (χ3n) is 4.58. The van der Waals surface area contributed by atoms with Gasteiger partial charge < -0.3 is 9.73 Å². The van der Waals surface area contributed by atoms with E-state index in [0.29, 0.717) is 24.3 Å². The summed E-state index contributed by atoms with van der Waals surface area (Å²) >= 11 is 1.78. The molecule has 142 valence electrons. The second-order valence-corrected chi connectivity index (χ2v) is 7.71. The Balaban J connectivity index is 1.39. The standard InChI is InChI=1S/C22H21N3O2S/c1-15-20(25-22(27-15)16-5-3-2-4-6-16)9-10-21(26)17-7-8-18(24-12-17)11-19-13-23-14-28-19/h2-8,11-12,23H,9-10,13-14H2,1H3. The lowest BCUT2D eigenvalue weighted by Gasteiger charge is -2.01. The summed E-state index contributed by atoms with van der Waals surface area (Å²) in [7, 11) is 0. The van der Waals surface area contributed by atoms with Gasteiger partial charge in [-0.05, 0) is 37.3 Å². The van der Waals surface area contributed by atoms with Crippen LogP contribution in [0.15, 0.2) is 58.0 Å². The molecule has 1 saturated heterocycles. The first-order chi connectivity index (χ1) is 13.7. The summed E-state index contributed by atoms with van der Waals surface area (Å²) in [5, 5.41) is 3.27. The molecule has 0 bridgehead atoms. The lowest BCUT2D eigenvalue weighted by Crippen LogP contribution is -2.04. The highest BCUT2D eigenvalue weighted by Crippen LogP contribution is 2.23. The molecule has 1 aliphatic heterocycles. The summed E-state index contributed by atoms with van der Waals surface area (Å²) < 4.78 is 5.77. The van der Waals surface area contributed by atoms with E-state index in [0.717, 1.165) is 35.1 Å². The molecule has 0 radical (unpaired) electrons. The van der Waals surface area contributed by atoms with E-state index in [9.17, 15) is 4.79 Å². The number of nitrogens with zero attached hydrogens (tertiary/aromatic N) is 2. The Morgan fingerprint density at radius 2 is 2.11 bits per heavy atom. The molecule has 3 heterocycles. The molecule has 1 fully saturated rings. The average Bonchev–Trinajstić information content (AvgIpc) is 3.37. The van der Waals surface area contributed by atoms with E-state index >= 15 is 0 Å². The summed E-state index contributed by atoms with van der Waals surface area (Å²) in [6.45, 7) is 2.77. The van der Waals surface area contributed by atoms with Crippen molar-refractivity contribution in [3.63, 3.8) is 0 Å². The number of carbonyl (C=O) groups is 1. The Labute approximate surface area is 168 Å². The van der Waals surface area contributed by atoms with Gasteiger partial charge in [-0.2, -0.15) is 0 Å². The Kier molecular flexibility index (Phi) is 5.69. The molecule has 1 aromatic carbocycles. The Morgan fingerprint density at radius 3 is 2.82 bits per heavy atom. The first-order valence-electron chi connectivity index (χ1n) is 9.24. The van der Waals surface area contributed by atoms with Gasteiger partial charge in [0.25, 0.3) is 0 Å². The minimum atomic E-state index is 0.0623. The van der Waals surface area contributed by atoms with Crippen LogP contribution in [0.4, 0.5) is 0 Å². The molecule has 0 unspecified atom stereocenters. The molecule has 0 saturated carbocycles. The van der Waals surface area contributed by atoms with Crippen LogP contribution in [-0.2, 0) is 6.42 Å². The van der Waals surface area contributed by atoms with Gasteiger partial charge in [0, 0.05) is 47.5 Å². The average molecular weight is 391 g/mol. The maximum Gasteiger partial charge on any atom is 0.226 e. The number of Topliss-reactive ketones (excluding diaryl/α,β-unsaturated/α-hetero) is 1. The molecule has 0 spiro atoms. The topological polar surface area (TPSA) is 68.0 Å². The largest absolute Gasteiger partial charge is 0.441 e. The van der Waals surface area contributed by atoms with E-state index in [1.165, 1.54) is 4.91 Å². The van der Waals surface area contributed by atoms with E-state index in [1.807, 2.05) is 49.4 Å². The predicted octanol–water partition coefficient (Wildman–Crippen LogP) is 4.50. The molecule has 28 heavy (non-hydrogen) atoms. The van der Waals surface area contributed by atoms with Gasteiger partial charge in [0.2, 0.25) is 5.89 Å². The molecule has 0 amide bonds.